The van der Waals surface area contributed by atoms with Gasteiger partial charge in [0.25, 0.3) is 0 Å². The molecule has 0 aromatic heterocycles. The molecule has 102 valence electrons. The highest BCUT2D eigenvalue weighted by molar-refractivity contribution is 5.46. The number of aryl methyl sites for hydroxylation is 2. The van der Waals surface area contributed by atoms with Gasteiger partial charge >= 0.3 is 0 Å². The molecule has 0 saturated heterocycles. The standard InChI is InChI=1S/C16H27NO/c1-7-16(8-2,11-17-5)14-9-12(3)13(4)10-15(14)18-6/h9-10,17H,7-8,11H2,1-6H3. The van der Waals surface area contributed by atoms with Crippen molar-refractivity contribution in [3.05, 3.63) is 28.8 Å². The normalized spacial score (nSPS) is 11.7. The zero-order valence-corrected chi connectivity index (χ0v) is 12.7. The van der Waals surface area contributed by atoms with Crippen LogP contribution < -0.4 is 10.1 Å². The Morgan fingerprint density at radius 2 is 1.67 bits per heavy atom. The Morgan fingerprint density at radius 1 is 1.11 bits per heavy atom. The highest BCUT2D eigenvalue weighted by Crippen LogP contribution is 2.38. The first-order valence-electron chi connectivity index (χ1n) is 6.85. The van der Waals surface area contributed by atoms with Crippen molar-refractivity contribution >= 4 is 0 Å². The number of benzene rings is 1. The van der Waals surface area contributed by atoms with E-state index in [1.807, 2.05) is 7.05 Å². The van der Waals surface area contributed by atoms with Gasteiger partial charge in [-0.2, -0.15) is 0 Å². The molecule has 1 aromatic carbocycles. The van der Waals surface area contributed by atoms with Crippen LogP contribution in [0.25, 0.3) is 0 Å². The Bertz CT molecular complexity index is 394. The van der Waals surface area contributed by atoms with E-state index in [1.54, 1.807) is 7.11 Å². The summed E-state index contributed by atoms with van der Waals surface area (Å²) in [6.07, 6.45) is 2.23. The summed E-state index contributed by atoms with van der Waals surface area (Å²) in [6.45, 7) is 9.82. The number of rotatable bonds is 6. The maximum Gasteiger partial charge on any atom is 0.122 e. The Kier molecular flexibility index (Phi) is 5.21. The summed E-state index contributed by atoms with van der Waals surface area (Å²) in [4.78, 5) is 0. The van der Waals surface area contributed by atoms with Gasteiger partial charge in [-0.3, -0.25) is 0 Å². The second-order valence-electron chi connectivity index (χ2n) is 5.15. The van der Waals surface area contributed by atoms with E-state index in [2.05, 4.69) is 45.1 Å². The van der Waals surface area contributed by atoms with E-state index >= 15 is 0 Å². The summed E-state index contributed by atoms with van der Waals surface area (Å²) in [5, 5.41) is 3.34. The monoisotopic (exact) mass is 249 g/mol. The zero-order chi connectivity index (χ0) is 13.8. The van der Waals surface area contributed by atoms with Crippen molar-refractivity contribution in [1.82, 2.24) is 5.32 Å². The molecule has 0 atom stereocenters. The molecule has 0 spiro atoms. The molecule has 0 aliphatic carbocycles. The van der Waals surface area contributed by atoms with Crippen LogP contribution in [0.4, 0.5) is 0 Å². The smallest absolute Gasteiger partial charge is 0.122 e. The molecular formula is C16H27NO. The molecule has 18 heavy (non-hydrogen) atoms. The molecule has 0 heterocycles. The Balaban J connectivity index is 3.39. The van der Waals surface area contributed by atoms with Crippen molar-refractivity contribution in [1.29, 1.82) is 0 Å². The van der Waals surface area contributed by atoms with E-state index in [9.17, 15) is 0 Å². The summed E-state index contributed by atoms with van der Waals surface area (Å²) in [5.74, 6) is 1.03. The first-order chi connectivity index (χ1) is 8.54. The SMILES string of the molecule is CCC(CC)(CNC)c1cc(C)c(C)cc1OC. The van der Waals surface area contributed by atoms with Crippen LogP contribution in [0.3, 0.4) is 0 Å². The fraction of sp³-hybridized carbons (Fsp3) is 0.625. The molecule has 0 saturated carbocycles. The fourth-order valence-electron chi connectivity index (χ4n) is 2.69. The van der Waals surface area contributed by atoms with E-state index in [0.717, 1.165) is 25.1 Å². The van der Waals surface area contributed by atoms with Gasteiger partial charge in [-0.05, 0) is 50.9 Å². The summed E-state index contributed by atoms with van der Waals surface area (Å²) in [7, 11) is 3.79. The van der Waals surface area contributed by atoms with Crippen molar-refractivity contribution in [3.8, 4) is 5.75 Å². The van der Waals surface area contributed by atoms with Gasteiger partial charge in [-0.25, -0.2) is 0 Å². The van der Waals surface area contributed by atoms with Gasteiger partial charge in [0.1, 0.15) is 5.75 Å². The second kappa shape index (κ2) is 6.24. The number of likely N-dealkylation sites (N-methyl/N-ethyl adjacent to an activating group) is 1. The Morgan fingerprint density at radius 3 is 2.11 bits per heavy atom. The van der Waals surface area contributed by atoms with Crippen molar-refractivity contribution in [2.45, 2.75) is 46.0 Å². The van der Waals surface area contributed by atoms with E-state index in [-0.39, 0.29) is 5.41 Å². The molecule has 1 aromatic rings. The summed E-state index contributed by atoms with van der Waals surface area (Å²) in [5.41, 5.74) is 4.14. The first-order valence-corrected chi connectivity index (χ1v) is 6.85. The van der Waals surface area contributed by atoms with Crippen LogP contribution in [0, 0.1) is 13.8 Å². The van der Waals surface area contributed by atoms with Gasteiger partial charge in [0.15, 0.2) is 0 Å². The molecule has 0 bridgehead atoms. The highest BCUT2D eigenvalue weighted by atomic mass is 16.5. The van der Waals surface area contributed by atoms with Crippen molar-refractivity contribution < 1.29 is 4.74 Å². The fourth-order valence-corrected chi connectivity index (χ4v) is 2.69. The van der Waals surface area contributed by atoms with E-state index in [0.29, 0.717) is 0 Å². The quantitative estimate of drug-likeness (QED) is 0.832. The highest BCUT2D eigenvalue weighted by Gasteiger charge is 2.31. The molecule has 0 fully saturated rings. The number of hydrogen-bond acceptors (Lipinski definition) is 2. The maximum atomic E-state index is 5.61. The molecule has 0 amide bonds. The Hall–Kier alpha value is -1.02. The van der Waals surface area contributed by atoms with Crippen molar-refractivity contribution in [2.75, 3.05) is 20.7 Å². The average Bonchev–Trinajstić information content (AvgIpc) is 2.39. The third-order valence-corrected chi connectivity index (χ3v) is 4.26. The van der Waals surface area contributed by atoms with Crippen LogP contribution in [-0.2, 0) is 5.41 Å². The van der Waals surface area contributed by atoms with Crippen molar-refractivity contribution in [3.63, 3.8) is 0 Å². The van der Waals surface area contributed by atoms with Gasteiger partial charge in [-0.1, -0.05) is 19.9 Å². The molecule has 0 aliphatic heterocycles. The number of nitrogens with one attached hydrogen (secondary N) is 1. The zero-order valence-electron chi connectivity index (χ0n) is 12.7. The van der Waals surface area contributed by atoms with E-state index in [1.165, 1.54) is 16.7 Å². The number of hydrogen-bond donors (Lipinski definition) is 1. The molecule has 0 aliphatic rings. The Labute approximate surface area is 112 Å². The molecule has 2 heteroatoms. The first kappa shape index (κ1) is 15.0. The van der Waals surface area contributed by atoms with Crippen LogP contribution in [0.15, 0.2) is 12.1 Å². The van der Waals surface area contributed by atoms with Gasteiger partial charge in [0, 0.05) is 17.5 Å². The molecule has 1 N–H and O–H groups in total. The van der Waals surface area contributed by atoms with Crippen LogP contribution >= 0.6 is 0 Å². The molecular weight excluding hydrogens is 222 g/mol. The van der Waals surface area contributed by atoms with Crippen LogP contribution in [0.1, 0.15) is 43.4 Å². The minimum absolute atomic E-state index is 0.165. The lowest BCUT2D eigenvalue weighted by Crippen LogP contribution is -2.36. The molecule has 0 radical (unpaired) electrons. The van der Waals surface area contributed by atoms with E-state index in [4.69, 9.17) is 4.74 Å². The maximum absolute atomic E-state index is 5.61. The predicted octanol–water partition coefficient (Wildman–Crippen LogP) is 3.59. The molecule has 2 nitrogen and oxygen atoms in total. The largest absolute Gasteiger partial charge is 0.496 e. The van der Waals surface area contributed by atoms with Gasteiger partial charge < -0.3 is 10.1 Å². The van der Waals surface area contributed by atoms with Gasteiger partial charge in [0.05, 0.1) is 7.11 Å². The van der Waals surface area contributed by atoms with Crippen LogP contribution in [0.5, 0.6) is 5.75 Å². The van der Waals surface area contributed by atoms with E-state index < -0.39 is 0 Å². The second-order valence-corrected chi connectivity index (χ2v) is 5.15. The lowest BCUT2D eigenvalue weighted by atomic mass is 9.74. The molecule has 1 rings (SSSR count). The molecule has 0 unspecified atom stereocenters. The van der Waals surface area contributed by atoms with Gasteiger partial charge in [-0.15, -0.1) is 0 Å². The summed E-state index contributed by atoms with van der Waals surface area (Å²) >= 11 is 0. The lowest BCUT2D eigenvalue weighted by molar-refractivity contribution is 0.346. The minimum Gasteiger partial charge on any atom is -0.496 e. The summed E-state index contributed by atoms with van der Waals surface area (Å²) in [6, 6.07) is 4.47. The topological polar surface area (TPSA) is 21.3 Å². The van der Waals surface area contributed by atoms with Crippen LogP contribution in [-0.4, -0.2) is 20.7 Å². The minimum atomic E-state index is 0.165. The number of ether oxygens (including phenoxy) is 1. The van der Waals surface area contributed by atoms with Crippen molar-refractivity contribution in [2.24, 2.45) is 0 Å². The summed E-state index contributed by atoms with van der Waals surface area (Å²) < 4.78 is 5.61. The van der Waals surface area contributed by atoms with Gasteiger partial charge in [0.2, 0.25) is 0 Å². The third kappa shape index (κ3) is 2.69. The van der Waals surface area contributed by atoms with Crippen LogP contribution in [0.2, 0.25) is 0 Å². The lowest BCUT2D eigenvalue weighted by Gasteiger charge is -2.34. The number of methoxy groups -OCH3 is 1. The predicted molar refractivity (Wildman–Crippen MR) is 78.7 cm³/mol. The average molecular weight is 249 g/mol. The third-order valence-electron chi connectivity index (χ3n) is 4.26.